The van der Waals surface area contributed by atoms with Gasteiger partial charge in [-0.25, -0.2) is 4.98 Å². The van der Waals surface area contributed by atoms with E-state index in [1.54, 1.807) is 12.4 Å². The molecule has 1 saturated carbocycles. The maximum absolute atomic E-state index is 12.5. The second-order valence-electron chi connectivity index (χ2n) is 5.93. The molecule has 7 nitrogen and oxygen atoms in total. The smallest absolute Gasteiger partial charge is 0.272 e. The van der Waals surface area contributed by atoms with Crippen LogP contribution in [0.25, 0.3) is 0 Å². The summed E-state index contributed by atoms with van der Waals surface area (Å²) in [5.74, 6) is 0.504. The molecule has 2 aromatic heterocycles. The number of ether oxygens (including phenoxy) is 1. The number of H-pyrrole nitrogens is 1. The first-order valence-corrected chi connectivity index (χ1v) is 7.82. The SMILES string of the molecule is Cc1nc(C)c(C(=O)N[C@H]2CCC[C@H]2Oc2cn[nH]c2)nc1C. The molecule has 0 aromatic carbocycles. The number of amides is 1. The molecular formula is C16H21N5O2. The Kier molecular flexibility index (Phi) is 4.27. The summed E-state index contributed by atoms with van der Waals surface area (Å²) in [6.07, 6.45) is 6.12. The average Bonchev–Trinajstić information content (AvgIpc) is 3.16. The molecule has 0 saturated heterocycles. The highest BCUT2D eigenvalue weighted by atomic mass is 16.5. The Morgan fingerprint density at radius 2 is 2.00 bits per heavy atom. The highest BCUT2D eigenvalue weighted by molar-refractivity contribution is 5.93. The number of carbonyl (C=O) groups is 1. The molecule has 2 heterocycles. The van der Waals surface area contributed by atoms with Gasteiger partial charge in [0.15, 0.2) is 5.75 Å². The van der Waals surface area contributed by atoms with E-state index in [-0.39, 0.29) is 18.1 Å². The monoisotopic (exact) mass is 315 g/mol. The molecule has 122 valence electrons. The Morgan fingerprint density at radius 3 is 2.74 bits per heavy atom. The number of aryl methyl sites for hydroxylation is 3. The summed E-state index contributed by atoms with van der Waals surface area (Å²) in [6, 6.07) is -0.0276. The van der Waals surface area contributed by atoms with Gasteiger partial charge in [0.25, 0.3) is 5.91 Å². The topological polar surface area (TPSA) is 92.8 Å². The summed E-state index contributed by atoms with van der Waals surface area (Å²) in [7, 11) is 0. The van der Waals surface area contributed by atoms with Crippen LogP contribution in [-0.2, 0) is 0 Å². The lowest BCUT2D eigenvalue weighted by atomic mass is 10.2. The van der Waals surface area contributed by atoms with Gasteiger partial charge in [0, 0.05) is 0 Å². The highest BCUT2D eigenvalue weighted by Crippen LogP contribution is 2.24. The molecule has 0 unspecified atom stereocenters. The number of hydrogen-bond acceptors (Lipinski definition) is 5. The van der Waals surface area contributed by atoms with E-state index in [0.717, 1.165) is 30.7 Å². The van der Waals surface area contributed by atoms with Gasteiger partial charge in [-0.15, -0.1) is 0 Å². The number of hydrogen-bond donors (Lipinski definition) is 2. The van der Waals surface area contributed by atoms with Crippen molar-refractivity contribution in [2.75, 3.05) is 0 Å². The first-order valence-electron chi connectivity index (χ1n) is 7.82. The summed E-state index contributed by atoms with van der Waals surface area (Å²) in [5.41, 5.74) is 2.66. The van der Waals surface area contributed by atoms with Gasteiger partial charge in [0.2, 0.25) is 0 Å². The molecule has 23 heavy (non-hydrogen) atoms. The standard InChI is InChI=1S/C16H21N5O2/c1-9-10(2)20-15(11(3)19-9)16(22)21-13-5-4-6-14(13)23-12-7-17-18-8-12/h7-8,13-14H,4-6H2,1-3H3,(H,17,18)(H,21,22)/t13-,14+/m0/s1. The Labute approximate surface area is 134 Å². The largest absolute Gasteiger partial charge is 0.485 e. The summed E-state index contributed by atoms with van der Waals surface area (Å²) in [6.45, 7) is 5.56. The molecule has 0 aliphatic heterocycles. The minimum atomic E-state index is -0.189. The molecule has 7 heteroatoms. The fourth-order valence-corrected chi connectivity index (χ4v) is 2.88. The van der Waals surface area contributed by atoms with Gasteiger partial charge in [-0.05, 0) is 40.0 Å². The van der Waals surface area contributed by atoms with Crippen LogP contribution in [0.2, 0.25) is 0 Å². The maximum atomic E-state index is 12.5. The number of carbonyl (C=O) groups excluding carboxylic acids is 1. The molecule has 2 N–H and O–H groups in total. The quantitative estimate of drug-likeness (QED) is 0.898. The van der Waals surface area contributed by atoms with Crippen molar-refractivity contribution in [3.8, 4) is 5.75 Å². The molecule has 1 fully saturated rings. The molecule has 0 bridgehead atoms. The molecule has 0 spiro atoms. The lowest BCUT2D eigenvalue weighted by Gasteiger charge is -2.21. The number of aromatic nitrogens is 4. The van der Waals surface area contributed by atoms with Crippen LogP contribution in [0.5, 0.6) is 5.75 Å². The maximum Gasteiger partial charge on any atom is 0.272 e. The third-order valence-electron chi connectivity index (χ3n) is 4.23. The van der Waals surface area contributed by atoms with E-state index in [0.29, 0.717) is 17.1 Å². The third-order valence-corrected chi connectivity index (χ3v) is 4.23. The van der Waals surface area contributed by atoms with E-state index in [4.69, 9.17) is 4.74 Å². The average molecular weight is 315 g/mol. The summed E-state index contributed by atoms with van der Waals surface area (Å²) >= 11 is 0. The van der Waals surface area contributed by atoms with Crippen molar-refractivity contribution in [3.05, 3.63) is 35.2 Å². The molecule has 1 aliphatic carbocycles. The zero-order valence-corrected chi connectivity index (χ0v) is 13.6. The van der Waals surface area contributed by atoms with Crippen molar-refractivity contribution in [3.63, 3.8) is 0 Å². The van der Waals surface area contributed by atoms with E-state index in [1.165, 1.54) is 0 Å². The number of nitrogens with zero attached hydrogens (tertiary/aromatic N) is 3. The van der Waals surface area contributed by atoms with Crippen LogP contribution in [0.4, 0.5) is 0 Å². The van der Waals surface area contributed by atoms with Crippen molar-refractivity contribution in [2.24, 2.45) is 0 Å². The second kappa shape index (κ2) is 6.36. The van der Waals surface area contributed by atoms with Crippen LogP contribution in [0, 0.1) is 20.8 Å². The van der Waals surface area contributed by atoms with Gasteiger partial charge >= 0.3 is 0 Å². The van der Waals surface area contributed by atoms with Crippen LogP contribution < -0.4 is 10.1 Å². The number of aromatic amines is 1. The predicted octanol–water partition coefficient (Wildman–Crippen LogP) is 1.85. The molecule has 0 radical (unpaired) electrons. The van der Waals surface area contributed by atoms with Crippen LogP contribution >= 0.6 is 0 Å². The van der Waals surface area contributed by atoms with Gasteiger partial charge in [0.1, 0.15) is 11.8 Å². The highest BCUT2D eigenvalue weighted by Gasteiger charge is 2.31. The van der Waals surface area contributed by atoms with Crippen LogP contribution in [0.1, 0.15) is 46.8 Å². The zero-order valence-electron chi connectivity index (χ0n) is 13.6. The molecule has 3 rings (SSSR count). The zero-order chi connectivity index (χ0) is 16.4. The van der Waals surface area contributed by atoms with Gasteiger partial charge < -0.3 is 10.1 Å². The van der Waals surface area contributed by atoms with Gasteiger partial charge in [-0.3, -0.25) is 14.9 Å². The molecule has 1 amide bonds. The lowest BCUT2D eigenvalue weighted by molar-refractivity contribution is 0.0887. The Bertz CT molecular complexity index is 699. The number of nitrogens with one attached hydrogen (secondary N) is 2. The Balaban J connectivity index is 1.70. The van der Waals surface area contributed by atoms with Crippen molar-refractivity contribution in [1.82, 2.24) is 25.5 Å². The summed E-state index contributed by atoms with van der Waals surface area (Å²) < 4.78 is 5.89. The Morgan fingerprint density at radius 1 is 1.22 bits per heavy atom. The molecule has 2 aromatic rings. The van der Waals surface area contributed by atoms with Crippen LogP contribution in [-0.4, -0.2) is 38.2 Å². The van der Waals surface area contributed by atoms with Gasteiger partial charge in [-0.1, -0.05) is 0 Å². The first kappa shape index (κ1) is 15.5. The molecular weight excluding hydrogens is 294 g/mol. The van der Waals surface area contributed by atoms with E-state index in [1.807, 2.05) is 20.8 Å². The molecule has 1 aliphatic rings. The van der Waals surface area contributed by atoms with Gasteiger partial charge in [-0.2, -0.15) is 5.10 Å². The van der Waals surface area contributed by atoms with Crippen molar-refractivity contribution < 1.29 is 9.53 Å². The minimum Gasteiger partial charge on any atom is -0.485 e. The normalized spacial score (nSPS) is 20.5. The van der Waals surface area contributed by atoms with Crippen LogP contribution in [0.15, 0.2) is 12.4 Å². The summed E-state index contributed by atoms with van der Waals surface area (Å²) in [4.78, 5) is 21.3. The van der Waals surface area contributed by atoms with E-state index in [2.05, 4.69) is 25.5 Å². The summed E-state index contributed by atoms with van der Waals surface area (Å²) in [5, 5.41) is 9.64. The minimum absolute atomic E-state index is 0.0276. The molecule has 2 atom stereocenters. The third kappa shape index (κ3) is 3.33. The van der Waals surface area contributed by atoms with Gasteiger partial charge in [0.05, 0.1) is 35.5 Å². The van der Waals surface area contributed by atoms with Crippen molar-refractivity contribution in [2.45, 2.75) is 52.2 Å². The first-order chi connectivity index (χ1) is 11.0. The van der Waals surface area contributed by atoms with E-state index in [9.17, 15) is 4.79 Å². The lowest BCUT2D eigenvalue weighted by Crippen LogP contribution is -2.43. The second-order valence-corrected chi connectivity index (χ2v) is 5.93. The van der Waals surface area contributed by atoms with Crippen LogP contribution in [0.3, 0.4) is 0 Å². The Hall–Kier alpha value is -2.44. The van der Waals surface area contributed by atoms with Crippen molar-refractivity contribution in [1.29, 1.82) is 0 Å². The fourth-order valence-electron chi connectivity index (χ4n) is 2.88. The van der Waals surface area contributed by atoms with E-state index < -0.39 is 0 Å². The fraction of sp³-hybridized carbons (Fsp3) is 0.500. The predicted molar refractivity (Wildman–Crippen MR) is 84.4 cm³/mol. The van der Waals surface area contributed by atoms with E-state index >= 15 is 0 Å². The van der Waals surface area contributed by atoms with Crippen molar-refractivity contribution >= 4 is 5.91 Å². The number of rotatable bonds is 4.